The summed E-state index contributed by atoms with van der Waals surface area (Å²) in [6.07, 6.45) is 6.13. The van der Waals surface area contributed by atoms with Gasteiger partial charge < -0.3 is 5.32 Å². The zero-order valence-electron chi connectivity index (χ0n) is 9.35. The highest BCUT2D eigenvalue weighted by Gasteiger charge is 2.20. The van der Waals surface area contributed by atoms with Crippen LogP contribution in [0.2, 0.25) is 0 Å². The Kier molecular flexibility index (Phi) is 2.17. The number of nitrogens with one attached hydrogen (secondary N) is 1. The molecule has 0 atom stereocenters. The standard InChI is InChI=1S/C13H15N3/c1-16-9-13(8-14-16)15-12-6-10-4-2-3-5-11(10)7-12/h2-5,8-9,12,15H,6-7H2,1H3. The fraction of sp³-hybridized carbons (Fsp3) is 0.308. The van der Waals surface area contributed by atoms with E-state index in [0.29, 0.717) is 6.04 Å². The van der Waals surface area contributed by atoms with E-state index in [9.17, 15) is 0 Å². The summed E-state index contributed by atoms with van der Waals surface area (Å²) in [4.78, 5) is 0. The SMILES string of the molecule is Cn1cc(NC2Cc3ccccc3C2)cn1. The van der Waals surface area contributed by atoms with Gasteiger partial charge in [-0.05, 0) is 24.0 Å². The summed E-state index contributed by atoms with van der Waals surface area (Å²) >= 11 is 0. The lowest BCUT2D eigenvalue weighted by molar-refractivity contribution is 0.763. The number of rotatable bonds is 2. The van der Waals surface area contributed by atoms with E-state index in [1.54, 1.807) is 0 Å². The Balaban J connectivity index is 1.72. The van der Waals surface area contributed by atoms with Gasteiger partial charge >= 0.3 is 0 Å². The molecular weight excluding hydrogens is 198 g/mol. The second-order valence-electron chi connectivity index (χ2n) is 4.42. The van der Waals surface area contributed by atoms with E-state index in [1.807, 2.05) is 24.1 Å². The zero-order valence-corrected chi connectivity index (χ0v) is 9.35. The summed E-state index contributed by atoms with van der Waals surface area (Å²) in [5, 5.41) is 7.69. The maximum Gasteiger partial charge on any atom is 0.0728 e. The average molecular weight is 213 g/mol. The predicted octanol–water partition coefficient (Wildman–Crippen LogP) is 2.00. The Labute approximate surface area is 95.1 Å². The van der Waals surface area contributed by atoms with Crippen LogP contribution in [-0.2, 0) is 19.9 Å². The topological polar surface area (TPSA) is 29.9 Å². The van der Waals surface area contributed by atoms with Crippen molar-refractivity contribution in [2.45, 2.75) is 18.9 Å². The number of hydrogen-bond acceptors (Lipinski definition) is 2. The summed E-state index contributed by atoms with van der Waals surface area (Å²) in [5.41, 5.74) is 4.06. The highest BCUT2D eigenvalue weighted by molar-refractivity contribution is 5.43. The van der Waals surface area contributed by atoms with Crippen LogP contribution in [0, 0.1) is 0 Å². The molecule has 0 aliphatic heterocycles. The highest BCUT2D eigenvalue weighted by Crippen LogP contribution is 2.24. The van der Waals surface area contributed by atoms with E-state index in [2.05, 4.69) is 34.7 Å². The van der Waals surface area contributed by atoms with Gasteiger partial charge in [0.05, 0.1) is 11.9 Å². The van der Waals surface area contributed by atoms with Crippen molar-refractivity contribution in [2.75, 3.05) is 5.32 Å². The molecule has 1 N–H and O–H groups in total. The van der Waals surface area contributed by atoms with Crippen molar-refractivity contribution < 1.29 is 0 Å². The van der Waals surface area contributed by atoms with Gasteiger partial charge in [0.25, 0.3) is 0 Å². The Bertz CT molecular complexity index is 476. The van der Waals surface area contributed by atoms with Crippen molar-refractivity contribution >= 4 is 5.69 Å². The molecule has 1 heterocycles. The van der Waals surface area contributed by atoms with Gasteiger partial charge in [-0.25, -0.2) is 0 Å². The maximum atomic E-state index is 4.16. The van der Waals surface area contributed by atoms with Crippen LogP contribution >= 0.6 is 0 Å². The second kappa shape index (κ2) is 3.67. The molecule has 3 heteroatoms. The number of fused-ring (bicyclic) bond motifs is 1. The van der Waals surface area contributed by atoms with Gasteiger partial charge in [-0.15, -0.1) is 0 Å². The van der Waals surface area contributed by atoms with Crippen LogP contribution in [0.4, 0.5) is 5.69 Å². The fourth-order valence-electron chi connectivity index (χ4n) is 2.39. The Hall–Kier alpha value is -1.77. The molecule has 3 rings (SSSR count). The van der Waals surface area contributed by atoms with Crippen molar-refractivity contribution in [1.29, 1.82) is 0 Å². The molecule has 0 spiro atoms. The van der Waals surface area contributed by atoms with E-state index >= 15 is 0 Å². The predicted molar refractivity (Wildman–Crippen MR) is 64.5 cm³/mol. The molecule has 2 aromatic rings. The fourth-order valence-corrected chi connectivity index (χ4v) is 2.39. The molecular formula is C13H15N3. The molecule has 1 aromatic carbocycles. The van der Waals surface area contributed by atoms with Crippen molar-refractivity contribution in [3.63, 3.8) is 0 Å². The van der Waals surface area contributed by atoms with Gasteiger partial charge in [-0.2, -0.15) is 5.10 Å². The molecule has 0 saturated heterocycles. The molecule has 1 aromatic heterocycles. The minimum absolute atomic E-state index is 0.515. The van der Waals surface area contributed by atoms with E-state index in [4.69, 9.17) is 0 Å². The van der Waals surface area contributed by atoms with Gasteiger partial charge in [0.1, 0.15) is 0 Å². The Morgan fingerprint density at radius 2 is 1.94 bits per heavy atom. The number of aromatic nitrogens is 2. The normalized spacial score (nSPS) is 15.1. The van der Waals surface area contributed by atoms with E-state index < -0.39 is 0 Å². The third-order valence-corrected chi connectivity index (χ3v) is 3.13. The van der Waals surface area contributed by atoms with Crippen LogP contribution in [0.1, 0.15) is 11.1 Å². The molecule has 1 aliphatic rings. The van der Waals surface area contributed by atoms with Gasteiger partial charge in [0, 0.05) is 19.3 Å². The van der Waals surface area contributed by atoms with Crippen molar-refractivity contribution in [1.82, 2.24) is 9.78 Å². The van der Waals surface area contributed by atoms with Crippen LogP contribution in [0.5, 0.6) is 0 Å². The first-order chi connectivity index (χ1) is 7.81. The van der Waals surface area contributed by atoms with E-state index in [0.717, 1.165) is 18.5 Å². The monoisotopic (exact) mass is 213 g/mol. The molecule has 0 saturated carbocycles. The van der Waals surface area contributed by atoms with Gasteiger partial charge in [-0.1, -0.05) is 24.3 Å². The van der Waals surface area contributed by atoms with Gasteiger partial charge in [0.15, 0.2) is 0 Å². The summed E-state index contributed by atoms with van der Waals surface area (Å²) < 4.78 is 1.82. The Morgan fingerprint density at radius 1 is 1.25 bits per heavy atom. The lowest BCUT2D eigenvalue weighted by Gasteiger charge is -2.10. The average Bonchev–Trinajstić information content (AvgIpc) is 2.84. The van der Waals surface area contributed by atoms with Crippen LogP contribution in [0.3, 0.4) is 0 Å². The summed E-state index contributed by atoms with van der Waals surface area (Å²) in [5.74, 6) is 0. The zero-order chi connectivity index (χ0) is 11.0. The molecule has 0 amide bonds. The lowest BCUT2D eigenvalue weighted by Crippen LogP contribution is -2.18. The molecule has 1 aliphatic carbocycles. The molecule has 0 unspecified atom stereocenters. The van der Waals surface area contributed by atoms with E-state index in [1.165, 1.54) is 11.1 Å². The van der Waals surface area contributed by atoms with Gasteiger partial charge in [-0.3, -0.25) is 4.68 Å². The molecule has 0 radical (unpaired) electrons. The summed E-state index contributed by atoms with van der Waals surface area (Å²) in [6, 6.07) is 9.19. The third kappa shape index (κ3) is 1.69. The molecule has 0 fully saturated rings. The first-order valence-electron chi connectivity index (χ1n) is 5.63. The second-order valence-corrected chi connectivity index (χ2v) is 4.42. The van der Waals surface area contributed by atoms with Crippen LogP contribution in [0.25, 0.3) is 0 Å². The first-order valence-corrected chi connectivity index (χ1v) is 5.63. The smallest absolute Gasteiger partial charge is 0.0728 e. The molecule has 16 heavy (non-hydrogen) atoms. The third-order valence-electron chi connectivity index (χ3n) is 3.13. The highest BCUT2D eigenvalue weighted by atomic mass is 15.3. The van der Waals surface area contributed by atoms with Crippen LogP contribution in [0.15, 0.2) is 36.7 Å². The number of anilines is 1. The van der Waals surface area contributed by atoms with Crippen LogP contribution < -0.4 is 5.32 Å². The lowest BCUT2D eigenvalue weighted by atomic mass is 10.1. The minimum atomic E-state index is 0.515. The number of aryl methyl sites for hydroxylation is 1. The number of benzene rings is 1. The first kappa shape index (κ1) is 9.46. The number of nitrogens with zero attached hydrogens (tertiary/aromatic N) is 2. The summed E-state index contributed by atoms with van der Waals surface area (Å²) in [6.45, 7) is 0. The van der Waals surface area contributed by atoms with E-state index in [-0.39, 0.29) is 0 Å². The largest absolute Gasteiger partial charge is 0.379 e. The van der Waals surface area contributed by atoms with Gasteiger partial charge in [0.2, 0.25) is 0 Å². The Morgan fingerprint density at radius 3 is 2.50 bits per heavy atom. The van der Waals surface area contributed by atoms with Crippen molar-refractivity contribution in [3.05, 3.63) is 47.8 Å². The molecule has 3 nitrogen and oxygen atoms in total. The summed E-state index contributed by atoms with van der Waals surface area (Å²) in [7, 11) is 1.94. The minimum Gasteiger partial charge on any atom is -0.379 e. The molecule has 0 bridgehead atoms. The number of hydrogen-bond donors (Lipinski definition) is 1. The van der Waals surface area contributed by atoms with Crippen molar-refractivity contribution in [2.24, 2.45) is 7.05 Å². The maximum absolute atomic E-state index is 4.16. The molecule has 82 valence electrons. The van der Waals surface area contributed by atoms with Crippen LogP contribution in [-0.4, -0.2) is 15.8 Å². The van der Waals surface area contributed by atoms with Crippen molar-refractivity contribution in [3.8, 4) is 0 Å². The quantitative estimate of drug-likeness (QED) is 0.827.